The van der Waals surface area contributed by atoms with Crippen LogP contribution >= 0.6 is 0 Å². The molecule has 2 aromatic heterocycles. The third-order valence-corrected chi connectivity index (χ3v) is 5.41. The van der Waals surface area contributed by atoms with Crippen molar-refractivity contribution in [1.29, 1.82) is 0 Å². The van der Waals surface area contributed by atoms with Crippen LogP contribution in [0.4, 0.5) is 0 Å². The van der Waals surface area contributed by atoms with E-state index in [2.05, 4.69) is 25.7 Å². The molecule has 7 heteroatoms. The molecule has 0 saturated carbocycles. The number of amides is 1. The number of carbonyl (C=O) groups excluding carboxylic acids is 1. The van der Waals surface area contributed by atoms with Gasteiger partial charge in [0.25, 0.3) is 5.91 Å². The first-order valence-electron chi connectivity index (χ1n) is 10.5. The third-order valence-electron chi connectivity index (χ3n) is 5.41. The van der Waals surface area contributed by atoms with Gasteiger partial charge in [0.05, 0.1) is 5.69 Å². The van der Waals surface area contributed by atoms with Crippen LogP contribution in [0.15, 0.2) is 89.5 Å². The van der Waals surface area contributed by atoms with Crippen molar-refractivity contribution in [2.24, 2.45) is 0 Å². The van der Waals surface area contributed by atoms with Gasteiger partial charge in [0, 0.05) is 29.4 Å². The minimum absolute atomic E-state index is 0.148. The fourth-order valence-electron chi connectivity index (χ4n) is 3.53. The molecule has 0 aliphatic rings. The number of nitrogens with one attached hydrogen (secondary N) is 2. The van der Waals surface area contributed by atoms with Gasteiger partial charge < -0.3 is 9.73 Å². The summed E-state index contributed by atoms with van der Waals surface area (Å²) in [5, 5.41) is 18.2. The number of hydrogen-bond acceptors (Lipinski definition) is 5. The van der Waals surface area contributed by atoms with Crippen LogP contribution in [0.2, 0.25) is 0 Å². The smallest absolute Gasteiger partial charge is 0.251 e. The molecule has 0 fully saturated rings. The van der Waals surface area contributed by atoms with Gasteiger partial charge in [0.2, 0.25) is 11.8 Å². The lowest BCUT2D eigenvalue weighted by atomic mass is 10.1. The van der Waals surface area contributed by atoms with E-state index in [4.69, 9.17) is 4.42 Å². The van der Waals surface area contributed by atoms with Crippen molar-refractivity contribution in [1.82, 2.24) is 25.7 Å². The van der Waals surface area contributed by atoms with Gasteiger partial charge in [0.15, 0.2) is 0 Å². The highest BCUT2D eigenvalue weighted by Gasteiger charge is 2.13. The molecule has 0 aliphatic heterocycles. The van der Waals surface area contributed by atoms with E-state index < -0.39 is 0 Å². The van der Waals surface area contributed by atoms with E-state index in [9.17, 15) is 4.79 Å². The molecule has 0 bridgehead atoms. The molecule has 162 valence electrons. The van der Waals surface area contributed by atoms with Gasteiger partial charge in [-0.1, -0.05) is 42.5 Å². The minimum atomic E-state index is -0.148. The van der Waals surface area contributed by atoms with Crippen molar-refractivity contribution >= 4 is 5.91 Å². The number of rotatable bonds is 6. The summed E-state index contributed by atoms with van der Waals surface area (Å²) in [4.78, 5) is 12.6. The van der Waals surface area contributed by atoms with Crippen molar-refractivity contribution in [3.8, 4) is 34.2 Å². The Balaban J connectivity index is 1.22. The van der Waals surface area contributed by atoms with Crippen molar-refractivity contribution in [3.05, 3.63) is 102 Å². The Morgan fingerprint density at radius 3 is 2.33 bits per heavy atom. The molecule has 0 radical (unpaired) electrons. The topological polar surface area (TPSA) is 96.7 Å². The summed E-state index contributed by atoms with van der Waals surface area (Å²) in [7, 11) is 0. The number of nitrogens with zero attached hydrogens (tertiary/aromatic N) is 3. The molecule has 33 heavy (non-hydrogen) atoms. The molecule has 2 heterocycles. The number of aromatic amines is 1. The fraction of sp³-hybridized carbons (Fsp3) is 0.0769. The molecular formula is C26H21N5O2. The molecule has 1 amide bonds. The number of benzene rings is 3. The predicted octanol–water partition coefficient (Wildman–Crippen LogP) is 5.03. The quantitative estimate of drug-likeness (QED) is 0.390. The maximum Gasteiger partial charge on any atom is 0.251 e. The first kappa shape index (κ1) is 20.4. The van der Waals surface area contributed by atoms with Gasteiger partial charge in [-0.25, -0.2) is 0 Å². The number of aromatic nitrogens is 4. The molecule has 3 aromatic carbocycles. The fourth-order valence-corrected chi connectivity index (χ4v) is 3.53. The molecule has 7 nitrogen and oxygen atoms in total. The van der Waals surface area contributed by atoms with Crippen LogP contribution in [0.5, 0.6) is 0 Å². The van der Waals surface area contributed by atoms with Crippen LogP contribution in [-0.4, -0.2) is 26.3 Å². The first-order valence-corrected chi connectivity index (χ1v) is 10.5. The van der Waals surface area contributed by atoms with Crippen LogP contribution in [-0.2, 0) is 6.54 Å². The summed E-state index contributed by atoms with van der Waals surface area (Å²) < 4.78 is 5.85. The second-order valence-corrected chi connectivity index (χ2v) is 7.65. The highest BCUT2D eigenvalue weighted by atomic mass is 16.4. The lowest BCUT2D eigenvalue weighted by Crippen LogP contribution is -2.22. The van der Waals surface area contributed by atoms with Crippen LogP contribution < -0.4 is 5.32 Å². The van der Waals surface area contributed by atoms with Gasteiger partial charge in [-0.2, -0.15) is 5.10 Å². The van der Waals surface area contributed by atoms with Crippen molar-refractivity contribution in [3.63, 3.8) is 0 Å². The normalized spacial score (nSPS) is 10.8. The zero-order chi connectivity index (χ0) is 22.6. The Bertz CT molecular complexity index is 1370. The highest BCUT2D eigenvalue weighted by Crippen LogP contribution is 2.26. The number of carbonyl (C=O) groups is 1. The summed E-state index contributed by atoms with van der Waals surface area (Å²) >= 11 is 0. The Morgan fingerprint density at radius 1 is 0.879 bits per heavy atom. The molecule has 5 aromatic rings. The molecule has 0 saturated heterocycles. The molecule has 0 unspecified atom stereocenters. The van der Waals surface area contributed by atoms with Crippen molar-refractivity contribution in [2.45, 2.75) is 13.5 Å². The summed E-state index contributed by atoms with van der Waals surface area (Å²) in [6, 6.07) is 24.9. The molecule has 0 aliphatic carbocycles. The largest absolute Gasteiger partial charge is 0.416 e. The summed E-state index contributed by atoms with van der Waals surface area (Å²) in [5.74, 6) is 0.742. The Kier molecular flexibility index (Phi) is 5.51. The zero-order valence-electron chi connectivity index (χ0n) is 17.9. The second-order valence-electron chi connectivity index (χ2n) is 7.65. The van der Waals surface area contributed by atoms with Gasteiger partial charge in [0.1, 0.15) is 0 Å². The van der Waals surface area contributed by atoms with Gasteiger partial charge in [-0.15, -0.1) is 10.2 Å². The van der Waals surface area contributed by atoms with E-state index in [0.717, 1.165) is 33.5 Å². The SMILES string of the molecule is Cc1ccccc1-c1nnc(-c2ccc(C(=O)NCc3ccc(-c4ccn[nH]4)cc3)cc2)o1. The van der Waals surface area contributed by atoms with E-state index in [1.165, 1.54) is 0 Å². The van der Waals surface area contributed by atoms with E-state index >= 15 is 0 Å². The van der Waals surface area contributed by atoms with Gasteiger partial charge in [-0.3, -0.25) is 9.89 Å². The third kappa shape index (κ3) is 4.43. The molecule has 0 spiro atoms. The number of H-pyrrole nitrogens is 1. The highest BCUT2D eigenvalue weighted by molar-refractivity contribution is 5.94. The Labute approximate surface area is 190 Å². The van der Waals surface area contributed by atoms with Crippen LogP contribution in [0.1, 0.15) is 21.5 Å². The lowest BCUT2D eigenvalue weighted by molar-refractivity contribution is 0.0951. The van der Waals surface area contributed by atoms with Gasteiger partial charge in [-0.05, 0) is 60.0 Å². The van der Waals surface area contributed by atoms with E-state index in [-0.39, 0.29) is 5.91 Å². The van der Waals surface area contributed by atoms with Gasteiger partial charge >= 0.3 is 0 Å². The average molecular weight is 435 g/mol. The van der Waals surface area contributed by atoms with Crippen molar-refractivity contribution < 1.29 is 9.21 Å². The molecular weight excluding hydrogens is 414 g/mol. The van der Waals surface area contributed by atoms with Crippen LogP contribution in [0.3, 0.4) is 0 Å². The van der Waals surface area contributed by atoms with Crippen LogP contribution in [0.25, 0.3) is 34.2 Å². The first-order chi connectivity index (χ1) is 16.2. The van der Waals surface area contributed by atoms with Crippen molar-refractivity contribution in [2.75, 3.05) is 0 Å². The minimum Gasteiger partial charge on any atom is -0.416 e. The second kappa shape index (κ2) is 8.92. The lowest BCUT2D eigenvalue weighted by Gasteiger charge is -2.07. The summed E-state index contributed by atoms with van der Waals surface area (Å²) in [6.07, 6.45) is 1.72. The molecule has 0 atom stereocenters. The molecule has 5 rings (SSSR count). The van der Waals surface area contributed by atoms with E-state index in [1.54, 1.807) is 18.3 Å². The Morgan fingerprint density at radius 2 is 1.61 bits per heavy atom. The molecule has 2 N–H and O–H groups in total. The zero-order valence-corrected chi connectivity index (χ0v) is 17.9. The van der Waals surface area contributed by atoms with Crippen LogP contribution in [0, 0.1) is 6.92 Å². The Hall–Kier alpha value is -4.52. The standard InChI is InChI=1S/C26H21N5O2/c1-17-4-2-3-5-22(17)26-31-30-25(33-26)21-12-10-20(11-13-21)24(32)27-16-18-6-8-19(9-7-18)23-14-15-28-29-23/h2-15H,16H2,1H3,(H,27,32)(H,28,29). The summed E-state index contributed by atoms with van der Waals surface area (Å²) in [5.41, 5.74) is 6.31. The van der Waals surface area contributed by atoms with E-state index in [0.29, 0.717) is 23.9 Å². The van der Waals surface area contributed by atoms with E-state index in [1.807, 2.05) is 73.7 Å². The average Bonchev–Trinajstić information content (AvgIpc) is 3.56. The summed E-state index contributed by atoms with van der Waals surface area (Å²) in [6.45, 7) is 2.44. The maximum absolute atomic E-state index is 12.6. The monoisotopic (exact) mass is 435 g/mol. The predicted molar refractivity (Wildman–Crippen MR) is 125 cm³/mol. The number of hydrogen-bond donors (Lipinski definition) is 2. The number of aryl methyl sites for hydroxylation is 1. The maximum atomic E-state index is 12.6.